The first-order chi connectivity index (χ1) is 46.0. The fraction of sp³-hybridized carbons (Fsp3) is 0.627. The summed E-state index contributed by atoms with van der Waals surface area (Å²) in [6.07, 6.45) is 13.0. The van der Waals surface area contributed by atoms with Crippen molar-refractivity contribution in [3.63, 3.8) is 0 Å². The van der Waals surface area contributed by atoms with Gasteiger partial charge in [0.15, 0.2) is 16.9 Å². The highest BCUT2D eigenvalue weighted by Gasteiger charge is 2.29. The second-order valence-electron chi connectivity index (χ2n) is 35.6. The van der Waals surface area contributed by atoms with Crippen molar-refractivity contribution in [3.05, 3.63) is 148 Å². The molecule has 1 aliphatic rings. The van der Waals surface area contributed by atoms with Gasteiger partial charge in [-0.05, 0) is 198 Å². The zero-order valence-electron chi connectivity index (χ0n) is 68.6. The maximum Gasteiger partial charge on any atom is 0.181 e. The van der Waals surface area contributed by atoms with Crippen molar-refractivity contribution in [2.45, 2.75) is 342 Å². The molecule has 0 unspecified atom stereocenters. The Morgan fingerprint density at radius 2 is 0.980 bits per heavy atom. The van der Waals surface area contributed by atoms with Crippen LogP contribution in [0.2, 0.25) is 0 Å². The Morgan fingerprint density at radius 1 is 0.440 bits per heavy atom. The van der Waals surface area contributed by atoms with Gasteiger partial charge in [-0.15, -0.1) is 0 Å². The average molecular weight is 1390 g/mol. The van der Waals surface area contributed by atoms with Gasteiger partial charge in [-0.2, -0.15) is 24.8 Å². The molecule has 0 saturated heterocycles. The van der Waals surface area contributed by atoms with E-state index < -0.39 is 0 Å². The predicted molar refractivity (Wildman–Crippen MR) is 424 cm³/mol. The molecule has 0 radical (unpaired) electrons. The highest BCUT2D eigenvalue weighted by atomic mass is 32.1. The summed E-state index contributed by atoms with van der Waals surface area (Å²) < 4.78 is 14.6. The minimum absolute atomic E-state index is 0.00258. The van der Waals surface area contributed by atoms with Crippen LogP contribution in [0.1, 0.15) is 358 Å². The lowest BCUT2D eigenvalue weighted by Gasteiger charge is -2.21. The molecule has 17 heteroatoms. The molecule has 0 aliphatic heterocycles. The zero-order valence-corrected chi connectivity index (χ0v) is 69.4. The lowest BCUT2D eigenvalue weighted by molar-refractivity contribution is 0.358. The van der Waals surface area contributed by atoms with Gasteiger partial charge in [-0.1, -0.05) is 158 Å². The SMILES string of the molecule is CC(C)(C)c1ccc2cn(C(C)(C)C)nc2n1.CC(C)c1ccc2cnn(C(C)C)c2n1.CC(C)c1ccc2ncn(C(C)(C)C)c2n1.CC(C)c1cccc(C(C)(C)C)n1.CC(C)c1nsc(C(C)C)n1.CC(C)n1ccc(C(C)(C)C)n1.CC(C)n1nc(C(C)(C)C)c2c1CCCC2. The summed E-state index contributed by atoms with van der Waals surface area (Å²) in [5.41, 5.74) is 15.7. The van der Waals surface area contributed by atoms with E-state index in [2.05, 4.69) is 356 Å². The first kappa shape index (κ1) is 83.6. The Kier molecular flexibility index (Phi) is 28.7. The van der Waals surface area contributed by atoms with Gasteiger partial charge < -0.3 is 4.57 Å². The first-order valence-electron chi connectivity index (χ1n) is 37.0. The number of hydrogen-bond acceptors (Lipinski definition) is 12. The number of rotatable bonds is 8. The highest BCUT2D eigenvalue weighted by molar-refractivity contribution is 7.05. The van der Waals surface area contributed by atoms with E-state index in [4.69, 9.17) is 10.1 Å². The molecule has 10 heterocycles. The molecule has 0 fully saturated rings. The number of imidazole rings is 1. The van der Waals surface area contributed by atoms with Gasteiger partial charge in [0.1, 0.15) is 16.3 Å². The Morgan fingerprint density at radius 3 is 1.45 bits per heavy atom. The van der Waals surface area contributed by atoms with Crippen LogP contribution in [0, 0.1) is 0 Å². The van der Waals surface area contributed by atoms with Crippen molar-refractivity contribution in [3.8, 4) is 0 Å². The monoisotopic (exact) mass is 1390 g/mol. The van der Waals surface area contributed by atoms with Crippen LogP contribution < -0.4 is 0 Å². The van der Waals surface area contributed by atoms with Crippen LogP contribution in [0.25, 0.3) is 33.2 Å². The van der Waals surface area contributed by atoms with Gasteiger partial charge >= 0.3 is 0 Å². The van der Waals surface area contributed by atoms with Crippen LogP contribution in [0.5, 0.6) is 0 Å². The van der Waals surface area contributed by atoms with Crippen molar-refractivity contribution in [2.24, 2.45) is 0 Å². The van der Waals surface area contributed by atoms with Crippen LogP contribution >= 0.6 is 11.5 Å². The van der Waals surface area contributed by atoms with Crippen LogP contribution in [-0.4, -0.2) is 78.0 Å². The fourth-order valence-corrected chi connectivity index (χ4v) is 11.4. The number of aromatic nitrogens is 16. The van der Waals surface area contributed by atoms with Gasteiger partial charge in [0, 0.05) is 114 Å². The number of fused-ring (bicyclic) bond motifs is 4. The van der Waals surface area contributed by atoms with Gasteiger partial charge in [-0.3, -0.25) is 19.0 Å². The topological polar surface area (TPSA) is 166 Å². The molecule has 100 heavy (non-hydrogen) atoms. The number of hydrogen-bond donors (Lipinski definition) is 0. The molecule has 0 amide bonds. The predicted octanol–water partition coefficient (Wildman–Crippen LogP) is 22.6. The number of nitrogens with zero attached hydrogens (tertiary/aromatic N) is 16. The Bertz CT molecular complexity index is 4090. The largest absolute Gasteiger partial charge is 0.310 e. The van der Waals surface area contributed by atoms with Crippen LogP contribution in [0.4, 0.5) is 0 Å². The second kappa shape index (κ2) is 34.3. The van der Waals surface area contributed by atoms with Crippen molar-refractivity contribution in [1.29, 1.82) is 0 Å². The first-order valence-corrected chi connectivity index (χ1v) is 37.8. The fourth-order valence-electron chi connectivity index (χ4n) is 10.6. The number of pyridine rings is 4. The molecule has 0 spiro atoms. The maximum atomic E-state index is 4.88. The third-order valence-corrected chi connectivity index (χ3v) is 18.0. The summed E-state index contributed by atoms with van der Waals surface area (Å²) in [5.74, 6) is 3.39. The van der Waals surface area contributed by atoms with Gasteiger partial charge in [0.2, 0.25) is 0 Å². The normalized spacial score (nSPS) is 13.1. The summed E-state index contributed by atoms with van der Waals surface area (Å²) >= 11 is 1.52. The average Bonchev–Trinajstić information content (AvgIpc) is 1.63. The van der Waals surface area contributed by atoms with E-state index in [0.717, 1.165) is 66.8 Å². The molecule has 0 aromatic carbocycles. The van der Waals surface area contributed by atoms with E-state index in [0.29, 0.717) is 47.7 Å². The lowest BCUT2D eigenvalue weighted by atomic mass is 9.84. The molecule has 0 saturated carbocycles. The Hall–Kier alpha value is -7.01. The molecule has 0 N–H and O–H groups in total. The van der Waals surface area contributed by atoms with E-state index in [-0.39, 0.29) is 32.7 Å². The molecule has 10 aromatic heterocycles. The molecular formula is C83H132N16S. The van der Waals surface area contributed by atoms with E-state index in [1.165, 1.54) is 60.0 Å². The standard InChI is InChI=1S/C14H21N3.C14H24N2.C13H19N3.C12H17N3.C12H19N.C10H18N2.C8H14N2S/c1-13(2,3)11-8-7-10-9-17(14(4,5)6)16-12(10)15-11;1-10(2)16-12-9-7-6-8-11(12)13(15-16)14(3,4)5;1-9(2)10-6-7-11-12(15-10)16(8-14-11)13(3,4)5;1-8(2)11-6-5-10-7-13-15(9(3)4)12(10)14-11;1-9(2)10-7-6-8-11(13-10)12(3,4)5;1-8(2)12-7-6-9(11-12)10(3,4)5;1-5(2)7-9-8(6(3)4)11-10-7/h7-9H,1-6H3;10H,6-9H2,1-5H3;6-9H,1-5H3;5-9H,1-4H3;6-9H,1-5H3;6-8H,1-5H3;5-6H,1-4H3. The molecule has 10 aromatic rings. The Labute approximate surface area is 608 Å². The van der Waals surface area contributed by atoms with Crippen LogP contribution in [0.15, 0.2) is 85.6 Å². The van der Waals surface area contributed by atoms with E-state index in [1.54, 1.807) is 5.56 Å². The van der Waals surface area contributed by atoms with Gasteiger partial charge in [0.25, 0.3) is 0 Å². The molecule has 550 valence electrons. The van der Waals surface area contributed by atoms with Crippen molar-refractivity contribution in [2.75, 3.05) is 0 Å². The lowest BCUT2D eigenvalue weighted by Crippen LogP contribution is -2.22. The summed E-state index contributed by atoms with van der Waals surface area (Å²) in [6.45, 7) is 73.9. The van der Waals surface area contributed by atoms with Gasteiger partial charge in [-0.25, -0.2) is 29.6 Å². The van der Waals surface area contributed by atoms with E-state index in [9.17, 15) is 0 Å². The van der Waals surface area contributed by atoms with Gasteiger partial charge in [0.05, 0.1) is 29.5 Å². The minimum Gasteiger partial charge on any atom is -0.310 e. The quantitative estimate of drug-likeness (QED) is 0.142. The summed E-state index contributed by atoms with van der Waals surface area (Å²) in [7, 11) is 0. The summed E-state index contributed by atoms with van der Waals surface area (Å²) in [4.78, 5) is 27.5. The molecule has 0 bridgehead atoms. The molecular weight excluding hydrogens is 1250 g/mol. The third kappa shape index (κ3) is 23.5. The van der Waals surface area contributed by atoms with E-state index in [1.807, 2.05) is 32.8 Å². The van der Waals surface area contributed by atoms with Crippen LogP contribution in [-0.2, 0) is 45.6 Å². The Balaban J connectivity index is 0.000000211. The van der Waals surface area contributed by atoms with Crippen molar-refractivity contribution in [1.82, 2.24) is 78.0 Å². The van der Waals surface area contributed by atoms with Crippen molar-refractivity contribution >= 4 is 44.8 Å². The highest BCUT2D eigenvalue weighted by Crippen LogP contribution is 2.34. The van der Waals surface area contributed by atoms with E-state index >= 15 is 0 Å². The third-order valence-electron chi connectivity index (χ3n) is 17.0. The zero-order chi connectivity index (χ0) is 75.5. The van der Waals surface area contributed by atoms with Crippen molar-refractivity contribution < 1.29 is 0 Å². The van der Waals surface area contributed by atoms with Crippen LogP contribution in [0.3, 0.4) is 0 Å². The molecule has 0 atom stereocenters. The second-order valence-corrected chi connectivity index (χ2v) is 36.3. The summed E-state index contributed by atoms with van der Waals surface area (Å²) in [6, 6.07) is 22.2. The minimum atomic E-state index is 0.00258. The molecule has 11 rings (SSSR count). The molecule has 16 nitrogen and oxygen atoms in total. The smallest absolute Gasteiger partial charge is 0.181 e. The molecule has 1 aliphatic carbocycles. The summed E-state index contributed by atoms with van der Waals surface area (Å²) in [5, 5.41) is 21.7. The maximum absolute atomic E-state index is 4.88.